The molecule has 5 nitrogen and oxygen atoms in total. The van der Waals surface area contributed by atoms with Crippen molar-refractivity contribution in [3.05, 3.63) is 18.3 Å². The lowest BCUT2D eigenvalue weighted by Gasteiger charge is -2.15. The standard InChI is InChI=1S/C11H18N4O/c1-8(2)7-12-11(16)9(3)14-10-5-4-6-13-15-10/h4-6,8-9H,7H2,1-3H3,(H,12,16)(H,14,15). The molecule has 2 N–H and O–H groups in total. The van der Waals surface area contributed by atoms with E-state index in [1.54, 1.807) is 25.3 Å². The molecule has 0 radical (unpaired) electrons. The lowest BCUT2D eigenvalue weighted by Crippen LogP contribution is -2.39. The zero-order chi connectivity index (χ0) is 12.0. The smallest absolute Gasteiger partial charge is 0.242 e. The van der Waals surface area contributed by atoms with Crippen molar-refractivity contribution in [1.82, 2.24) is 15.5 Å². The van der Waals surface area contributed by atoms with Gasteiger partial charge in [0.2, 0.25) is 5.91 Å². The molecule has 0 aliphatic heterocycles. The first kappa shape index (κ1) is 12.4. The number of nitrogens with one attached hydrogen (secondary N) is 2. The number of nitrogens with zero attached hydrogens (tertiary/aromatic N) is 2. The molecule has 0 bridgehead atoms. The van der Waals surface area contributed by atoms with Gasteiger partial charge in [-0.05, 0) is 25.0 Å². The van der Waals surface area contributed by atoms with Crippen LogP contribution in [0.4, 0.5) is 5.82 Å². The lowest BCUT2D eigenvalue weighted by molar-refractivity contribution is -0.121. The van der Waals surface area contributed by atoms with E-state index in [0.29, 0.717) is 18.3 Å². The van der Waals surface area contributed by atoms with Crippen LogP contribution in [0.3, 0.4) is 0 Å². The van der Waals surface area contributed by atoms with Gasteiger partial charge in [-0.2, -0.15) is 5.10 Å². The third kappa shape index (κ3) is 4.25. The van der Waals surface area contributed by atoms with Crippen molar-refractivity contribution in [1.29, 1.82) is 0 Å². The van der Waals surface area contributed by atoms with Crippen molar-refractivity contribution in [3.8, 4) is 0 Å². The molecule has 0 spiro atoms. The maximum Gasteiger partial charge on any atom is 0.242 e. The Hall–Kier alpha value is -1.65. The molecule has 1 aromatic rings. The van der Waals surface area contributed by atoms with Crippen LogP contribution in [0.5, 0.6) is 0 Å². The van der Waals surface area contributed by atoms with E-state index in [0.717, 1.165) is 0 Å². The Labute approximate surface area is 95.7 Å². The number of anilines is 1. The molecule has 0 saturated heterocycles. The Morgan fingerprint density at radius 3 is 2.75 bits per heavy atom. The Bertz CT molecular complexity index is 326. The maximum atomic E-state index is 11.6. The average molecular weight is 222 g/mol. The van der Waals surface area contributed by atoms with Crippen molar-refractivity contribution in [2.45, 2.75) is 26.8 Å². The first-order valence-electron chi connectivity index (χ1n) is 5.41. The summed E-state index contributed by atoms with van der Waals surface area (Å²) in [4.78, 5) is 11.6. The van der Waals surface area contributed by atoms with Crippen LogP contribution in [-0.4, -0.2) is 28.7 Å². The molecule has 0 aromatic carbocycles. The fourth-order valence-electron chi connectivity index (χ4n) is 1.12. The van der Waals surface area contributed by atoms with Gasteiger partial charge in [-0.1, -0.05) is 13.8 Å². The summed E-state index contributed by atoms with van der Waals surface area (Å²) in [5.74, 6) is 1.03. The monoisotopic (exact) mass is 222 g/mol. The zero-order valence-electron chi connectivity index (χ0n) is 9.90. The van der Waals surface area contributed by atoms with Gasteiger partial charge in [0.1, 0.15) is 11.9 Å². The summed E-state index contributed by atoms with van der Waals surface area (Å²) in [7, 11) is 0. The first-order chi connectivity index (χ1) is 7.59. The molecule has 88 valence electrons. The van der Waals surface area contributed by atoms with Gasteiger partial charge in [-0.3, -0.25) is 4.79 Å². The van der Waals surface area contributed by atoms with Gasteiger partial charge < -0.3 is 10.6 Å². The molecular formula is C11H18N4O. The van der Waals surface area contributed by atoms with Gasteiger partial charge in [-0.25, -0.2) is 0 Å². The lowest BCUT2D eigenvalue weighted by atomic mass is 10.2. The number of rotatable bonds is 5. The van der Waals surface area contributed by atoms with E-state index in [9.17, 15) is 4.79 Å². The molecule has 1 atom stereocenters. The molecule has 16 heavy (non-hydrogen) atoms. The average Bonchev–Trinajstić information content (AvgIpc) is 2.27. The van der Waals surface area contributed by atoms with Crippen LogP contribution >= 0.6 is 0 Å². The quantitative estimate of drug-likeness (QED) is 0.781. The highest BCUT2D eigenvalue weighted by Crippen LogP contribution is 2.01. The van der Waals surface area contributed by atoms with E-state index >= 15 is 0 Å². The minimum atomic E-state index is -0.310. The summed E-state index contributed by atoms with van der Waals surface area (Å²) in [6.45, 7) is 6.59. The fraction of sp³-hybridized carbons (Fsp3) is 0.545. The fourth-order valence-corrected chi connectivity index (χ4v) is 1.12. The van der Waals surface area contributed by atoms with Crippen molar-refractivity contribution < 1.29 is 4.79 Å². The van der Waals surface area contributed by atoms with Gasteiger partial charge in [0, 0.05) is 12.7 Å². The summed E-state index contributed by atoms with van der Waals surface area (Å²) in [6.07, 6.45) is 1.59. The number of carbonyl (C=O) groups is 1. The molecular weight excluding hydrogens is 204 g/mol. The Morgan fingerprint density at radius 1 is 1.44 bits per heavy atom. The van der Waals surface area contributed by atoms with E-state index in [-0.39, 0.29) is 11.9 Å². The van der Waals surface area contributed by atoms with E-state index in [4.69, 9.17) is 0 Å². The van der Waals surface area contributed by atoms with Crippen LogP contribution in [0.2, 0.25) is 0 Å². The molecule has 1 amide bonds. The molecule has 0 aliphatic carbocycles. The normalized spacial score (nSPS) is 12.2. The Kier molecular flexibility index (Phi) is 4.69. The second-order valence-corrected chi connectivity index (χ2v) is 4.11. The number of hydrogen-bond acceptors (Lipinski definition) is 4. The van der Waals surface area contributed by atoms with Crippen molar-refractivity contribution in [3.63, 3.8) is 0 Å². The summed E-state index contributed by atoms with van der Waals surface area (Å²) in [5.41, 5.74) is 0. The predicted molar refractivity (Wildman–Crippen MR) is 63.0 cm³/mol. The van der Waals surface area contributed by atoms with Crippen LogP contribution < -0.4 is 10.6 Å². The zero-order valence-corrected chi connectivity index (χ0v) is 9.90. The number of hydrogen-bond donors (Lipinski definition) is 2. The van der Waals surface area contributed by atoms with Gasteiger partial charge in [0.05, 0.1) is 0 Å². The molecule has 5 heteroatoms. The second-order valence-electron chi connectivity index (χ2n) is 4.11. The van der Waals surface area contributed by atoms with Gasteiger partial charge >= 0.3 is 0 Å². The Balaban J connectivity index is 2.40. The van der Waals surface area contributed by atoms with Gasteiger partial charge in [0.25, 0.3) is 0 Å². The van der Waals surface area contributed by atoms with Gasteiger partial charge in [0.15, 0.2) is 0 Å². The molecule has 1 heterocycles. The summed E-state index contributed by atoms with van der Waals surface area (Å²) in [5, 5.41) is 13.4. The number of amides is 1. The van der Waals surface area contributed by atoms with E-state index < -0.39 is 0 Å². The number of aromatic nitrogens is 2. The highest BCUT2D eigenvalue weighted by atomic mass is 16.2. The molecule has 1 unspecified atom stereocenters. The van der Waals surface area contributed by atoms with Crippen molar-refractivity contribution >= 4 is 11.7 Å². The van der Waals surface area contributed by atoms with Crippen LogP contribution in [0, 0.1) is 5.92 Å². The van der Waals surface area contributed by atoms with E-state index in [1.807, 2.05) is 0 Å². The van der Waals surface area contributed by atoms with Crippen molar-refractivity contribution in [2.24, 2.45) is 5.92 Å². The van der Waals surface area contributed by atoms with Crippen LogP contribution in [0.25, 0.3) is 0 Å². The molecule has 0 saturated carbocycles. The molecule has 1 rings (SSSR count). The van der Waals surface area contributed by atoms with E-state index in [2.05, 4.69) is 34.7 Å². The Morgan fingerprint density at radius 2 is 2.19 bits per heavy atom. The minimum Gasteiger partial charge on any atom is -0.357 e. The highest BCUT2D eigenvalue weighted by Gasteiger charge is 2.12. The molecule has 1 aromatic heterocycles. The maximum absolute atomic E-state index is 11.6. The topological polar surface area (TPSA) is 66.9 Å². The van der Waals surface area contributed by atoms with E-state index in [1.165, 1.54) is 0 Å². The van der Waals surface area contributed by atoms with Crippen LogP contribution in [0.1, 0.15) is 20.8 Å². The number of carbonyl (C=O) groups excluding carboxylic acids is 1. The summed E-state index contributed by atoms with van der Waals surface area (Å²) in [6, 6.07) is 3.24. The van der Waals surface area contributed by atoms with Gasteiger partial charge in [-0.15, -0.1) is 5.10 Å². The van der Waals surface area contributed by atoms with Crippen LogP contribution in [-0.2, 0) is 4.79 Å². The third-order valence-electron chi connectivity index (χ3n) is 2.01. The first-order valence-corrected chi connectivity index (χ1v) is 5.41. The molecule has 0 fully saturated rings. The van der Waals surface area contributed by atoms with Crippen LogP contribution in [0.15, 0.2) is 18.3 Å². The summed E-state index contributed by atoms with van der Waals surface area (Å²) < 4.78 is 0. The largest absolute Gasteiger partial charge is 0.357 e. The molecule has 0 aliphatic rings. The second kappa shape index (κ2) is 6.05. The minimum absolute atomic E-state index is 0.0284. The third-order valence-corrected chi connectivity index (χ3v) is 2.01. The highest BCUT2D eigenvalue weighted by molar-refractivity contribution is 5.83. The predicted octanol–water partition coefficient (Wildman–Crippen LogP) is 1.05. The van der Waals surface area contributed by atoms with Crippen molar-refractivity contribution in [2.75, 3.05) is 11.9 Å². The SMILES string of the molecule is CC(C)CNC(=O)C(C)Nc1cccnn1. The summed E-state index contributed by atoms with van der Waals surface area (Å²) >= 11 is 0.